The van der Waals surface area contributed by atoms with Crippen molar-refractivity contribution in [2.75, 3.05) is 101 Å². The Morgan fingerprint density at radius 1 is 0.670 bits per heavy atom. The molecule has 4 heterocycles. The van der Waals surface area contributed by atoms with Gasteiger partial charge >= 0.3 is 6.18 Å². The van der Waals surface area contributed by atoms with E-state index in [0.29, 0.717) is 50.9 Å². The van der Waals surface area contributed by atoms with Crippen molar-refractivity contribution in [3.05, 3.63) is 12.2 Å². The molecule has 27 nitrogen and oxygen atoms in total. The second-order valence-electron chi connectivity index (χ2n) is 34.0. The fraction of sp³-hybridized carbons (Fsp3) is 0.825. The molecule has 4 aliphatic carbocycles. The van der Waals surface area contributed by atoms with Crippen molar-refractivity contribution in [3.63, 3.8) is 0 Å². The molecule has 13 atom stereocenters. The molecule has 12 amide bonds. The maximum atomic E-state index is 15.9. The van der Waals surface area contributed by atoms with Crippen LogP contribution < -0.4 is 16.0 Å². The van der Waals surface area contributed by atoms with Crippen LogP contribution in [0.2, 0.25) is 0 Å². The highest BCUT2D eigenvalue weighted by Gasteiger charge is 2.60. The largest absolute Gasteiger partial charge is 0.397 e. The standard InChI is InChI=1S/C80H127F5N12O15/c1-15-37-110-45-62-68(100)87-66(49(6)111-17-3)75(107)95-36-24-28-58(95)73(105)92(12)57-27-20-19-23-35-96(74(57)106)61(40-50-31-29-48(5)30-32-50)72(104)90(10)44-63(98)86-56(34-33-51-38-54(81)65(55(82)39-51)80(83,84)85)70(102)97-43-53(112-18-4)41-59(97)69(101)88-79(46-78(7,8)47-79)77(109)94(14)67(52-25-21-22-26-52)76(108)93(13)60(42-64(99)91(62)11)71(103)89(9)16-2/h19-20,48-62,65-67H,15-18,21-47H2,1-14H3,(H,86,98)(H,87,100)(H,88,101)/b20-19-/t48?,49-,50?,51?,53-,54?,55?,56+,57+,58+,59+,60+,61+,62+,65?,66+,67+/m1/s1. The Morgan fingerprint density at radius 3 is 1.94 bits per heavy atom. The van der Waals surface area contributed by atoms with Gasteiger partial charge in [0.15, 0.2) is 0 Å². The number of carbonyl (C=O) groups is 12. The van der Waals surface area contributed by atoms with E-state index in [9.17, 15) is 22.8 Å². The van der Waals surface area contributed by atoms with E-state index < -0.39 is 217 Å². The molecule has 3 N–H and O–H groups in total. The van der Waals surface area contributed by atoms with Crippen molar-refractivity contribution in [2.24, 2.45) is 35.0 Å². The minimum atomic E-state index is -5.18. The summed E-state index contributed by atoms with van der Waals surface area (Å²) in [7, 11) is 8.48. The van der Waals surface area contributed by atoms with Crippen molar-refractivity contribution >= 4 is 70.9 Å². The number of likely N-dealkylation sites (N-methyl/N-ethyl adjacent to an activating group) is 6. The minimum absolute atomic E-state index is 0.000434. The van der Waals surface area contributed by atoms with Gasteiger partial charge in [-0.3, -0.25) is 57.5 Å². The summed E-state index contributed by atoms with van der Waals surface area (Å²) in [6.07, 6.45) is -4.59. The predicted molar refractivity (Wildman–Crippen MR) is 405 cm³/mol. The van der Waals surface area contributed by atoms with Gasteiger partial charge in [-0.2, -0.15) is 13.2 Å². The maximum absolute atomic E-state index is 15.9. The van der Waals surface area contributed by atoms with Crippen LogP contribution in [0.3, 0.4) is 0 Å². The molecule has 2 unspecified atom stereocenters. The zero-order valence-corrected chi connectivity index (χ0v) is 68.5. The van der Waals surface area contributed by atoms with E-state index in [1.807, 2.05) is 26.8 Å². The molecule has 8 aliphatic rings. The van der Waals surface area contributed by atoms with Gasteiger partial charge in [-0.1, -0.05) is 78.4 Å². The summed E-state index contributed by atoms with van der Waals surface area (Å²) in [6.45, 7) is 13.7. The van der Waals surface area contributed by atoms with E-state index in [1.54, 1.807) is 33.8 Å². The van der Waals surface area contributed by atoms with Crippen molar-refractivity contribution in [3.8, 4) is 0 Å². The van der Waals surface area contributed by atoms with Crippen LogP contribution in [0.4, 0.5) is 22.0 Å². The lowest BCUT2D eigenvalue weighted by Gasteiger charge is -2.54. The highest BCUT2D eigenvalue weighted by molar-refractivity contribution is 6.01. The summed E-state index contributed by atoms with van der Waals surface area (Å²) >= 11 is 0. The second-order valence-corrected chi connectivity index (χ2v) is 34.0. The van der Waals surface area contributed by atoms with Gasteiger partial charge < -0.3 is 74.3 Å². The molecular formula is C80H127F5N12O15. The molecule has 0 aromatic rings. The van der Waals surface area contributed by atoms with Gasteiger partial charge in [0.25, 0.3) is 0 Å². The molecule has 4 aliphatic heterocycles. The van der Waals surface area contributed by atoms with Gasteiger partial charge in [-0.15, -0.1) is 0 Å². The van der Waals surface area contributed by atoms with Gasteiger partial charge in [0, 0.05) is 94.7 Å². The van der Waals surface area contributed by atoms with Gasteiger partial charge in [-0.25, -0.2) is 8.78 Å². The lowest BCUT2D eigenvalue weighted by molar-refractivity contribution is -0.219. The second kappa shape index (κ2) is 39.5. The zero-order valence-electron chi connectivity index (χ0n) is 68.5. The average Bonchev–Trinajstić information content (AvgIpc) is 0.899. The van der Waals surface area contributed by atoms with Crippen molar-refractivity contribution in [1.82, 2.24) is 60.0 Å². The number of nitrogens with zero attached hydrogens (tertiary/aromatic N) is 9. The van der Waals surface area contributed by atoms with E-state index in [0.717, 1.165) is 40.4 Å². The average molecular weight is 1590 g/mol. The van der Waals surface area contributed by atoms with Gasteiger partial charge in [-0.05, 0) is 147 Å². The molecule has 1 spiro atoms. The van der Waals surface area contributed by atoms with E-state index in [-0.39, 0.29) is 103 Å². The maximum Gasteiger partial charge on any atom is 0.397 e. The number of carbonyl (C=O) groups excluding carboxylic acids is 12. The quantitative estimate of drug-likeness (QED) is 0.0839. The molecule has 3 saturated heterocycles. The number of amides is 12. The summed E-state index contributed by atoms with van der Waals surface area (Å²) < 4.78 is 91.4. The van der Waals surface area contributed by atoms with Crippen molar-refractivity contribution in [1.29, 1.82) is 0 Å². The first-order valence-electron chi connectivity index (χ1n) is 41.0. The van der Waals surface area contributed by atoms with Crippen LogP contribution in [0.25, 0.3) is 0 Å². The SMILES string of the molecule is CCCOC[C@H]1C(=O)N[C@@H]([C@@H](C)OCC)C(=O)N2CCC[C@H]2C(=O)N(C)[C@H]2C/C=C\CCN(C2=O)[C@@H](CC2CCC(C)CC2)C(=O)N(C)CC(=O)N[C@@H](CCC2CC(F)C(C(F)(F)F)C(F)C2)C(=O)N2C[C@H](OCC)C[C@H]2C(=O)NC2(CC(C)(C)C2)C(=O)N(C)[C@@H](C2CCCC2)C(=O)N(C)[C@H](C(=O)N(C)CC)CC(=O)N1C. The number of ether oxygens (including phenoxy) is 3. The molecule has 4 saturated carbocycles. The number of alkyl halides is 5. The third-order valence-corrected chi connectivity index (χ3v) is 25.1. The minimum Gasteiger partial charge on any atom is -0.379 e. The summed E-state index contributed by atoms with van der Waals surface area (Å²) in [5.41, 5.74) is -2.32. The summed E-state index contributed by atoms with van der Waals surface area (Å²) in [5, 5.41) is 8.62. The fourth-order valence-corrected chi connectivity index (χ4v) is 18.8. The third kappa shape index (κ3) is 21.5. The molecule has 2 bridgehead atoms. The van der Waals surface area contributed by atoms with E-state index in [1.165, 1.54) is 71.7 Å². The lowest BCUT2D eigenvalue weighted by atomic mass is 9.58. The molecule has 0 aromatic carbocycles. The Bertz CT molecular complexity index is 3340. The Hall–Kier alpha value is -7.09. The summed E-state index contributed by atoms with van der Waals surface area (Å²) in [4.78, 5) is 196. The summed E-state index contributed by atoms with van der Waals surface area (Å²) in [6, 6.07) is -12.4. The molecule has 7 fully saturated rings. The van der Waals surface area contributed by atoms with Crippen LogP contribution in [0.1, 0.15) is 197 Å². The Morgan fingerprint density at radius 2 is 1.33 bits per heavy atom. The topological polar surface area (TPSA) is 298 Å². The zero-order chi connectivity index (χ0) is 82.6. The summed E-state index contributed by atoms with van der Waals surface area (Å²) in [5.74, 6) is -12.9. The number of hydrogen-bond acceptors (Lipinski definition) is 15. The lowest BCUT2D eigenvalue weighted by Crippen LogP contribution is -2.71. The molecular weight excluding hydrogens is 1460 g/mol. The molecule has 0 aromatic heterocycles. The normalized spacial score (nSPS) is 32.7. The van der Waals surface area contributed by atoms with Crippen LogP contribution in [0.15, 0.2) is 12.2 Å². The Kier molecular flexibility index (Phi) is 31.9. The number of hydrogen-bond donors (Lipinski definition) is 3. The van der Waals surface area contributed by atoms with Gasteiger partial charge in [0.2, 0.25) is 70.9 Å². The van der Waals surface area contributed by atoms with Crippen LogP contribution >= 0.6 is 0 Å². The van der Waals surface area contributed by atoms with E-state index in [4.69, 9.17) is 14.2 Å². The van der Waals surface area contributed by atoms with E-state index >= 15 is 56.7 Å². The molecule has 32 heteroatoms. The smallest absolute Gasteiger partial charge is 0.379 e. The van der Waals surface area contributed by atoms with Crippen molar-refractivity contribution < 1.29 is 93.7 Å². The van der Waals surface area contributed by atoms with Crippen molar-refractivity contribution in [2.45, 2.75) is 287 Å². The fourth-order valence-electron chi connectivity index (χ4n) is 18.8. The van der Waals surface area contributed by atoms with Crippen LogP contribution in [-0.4, -0.2) is 307 Å². The number of fused-ring (bicyclic) bond motifs is 4. The predicted octanol–water partition coefficient (Wildman–Crippen LogP) is 6.13. The van der Waals surface area contributed by atoms with Crippen LogP contribution in [0, 0.1) is 35.0 Å². The first-order valence-corrected chi connectivity index (χ1v) is 41.0. The number of nitrogens with one attached hydrogen (secondary N) is 3. The van der Waals surface area contributed by atoms with Crippen LogP contribution in [-0.2, 0) is 71.7 Å². The molecule has 8 rings (SSSR count). The van der Waals surface area contributed by atoms with Crippen LogP contribution in [0.5, 0.6) is 0 Å². The van der Waals surface area contributed by atoms with Gasteiger partial charge in [0.1, 0.15) is 78.2 Å². The first kappa shape index (κ1) is 90.4. The first-order chi connectivity index (χ1) is 52.8. The van der Waals surface area contributed by atoms with Gasteiger partial charge in [0.05, 0.1) is 31.8 Å². The Labute approximate surface area is 657 Å². The molecule has 112 heavy (non-hydrogen) atoms. The third-order valence-electron chi connectivity index (χ3n) is 25.1. The number of rotatable bonds is 17. The van der Waals surface area contributed by atoms with E-state index in [2.05, 4.69) is 22.9 Å². The monoisotopic (exact) mass is 1590 g/mol. The number of halogens is 5. The molecule has 632 valence electrons. The highest BCUT2D eigenvalue weighted by Crippen LogP contribution is 2.50. The highest BCUT2D eigenvalue weighted by atomic mass is 19.4. The Balaban J connectivity index is 1.24. The molecule has 0 radical (unpaired) electrons.